The highest BCUT2D eigenvalue weighted by molar-refractivity contribution is 6.20. The van der Waals surface area contributed by atoms with Gasteiger partial charge in [0.15, 0.2) is 0 Å². The molecule has 0 saturated carbocycles. The summed E-state index contributed by atoms with van der Waals surface area (Å²) in [7, 11) is 1.39. The maximum absolute atomic E-state index is 12.5. The molecule has 0 atom stereocenters. The molecule has 0 bridgehead atoms. The Morgan fingerprint density at radius 2 is 2.21 bits per heavy atom. The summed E-state index contributed by atoms with van der Waals surface area (Å²) in [6, 6.07) is 0. The van der Waals surface area contributed by atoms with Crippen molar-refractivity contribution < 1.29 is 14.0 Å². The molecule has 0 aliphatic rings. The molecule has 6 heteroatoms. The van der Waals surface area contributed by atoms with Crippen LogP contribution in [0.4, 0.5) is 9.18 Å². The summed E-state index contributed by atoms with van der Waals surface area (Å²) in [5, 5.41) is 5.59. The van der Waals surface area contributed by atoms with Crippen molar-refractivity contribution in [3.05, 3.63) is 0 Å². The Labute approximate surface area is 87.4 Å². The normalized spacial score (nSPS) is 12.5. The van der Waals surface area contributed by atoms with Crippen molar-refractivity contribution in [3.8, 4) is 0 Å². The SMILES string of the molecule is CNC(=O)ON=C(CF)C(C)(C)CCl. The monoisotopic (exact) mass is 224 g/mol. The van der Waals surface area contributed by atoms with E-state index in [9.17, 15) is 9.18 Å². The second kappa shape index (κ2) is 5.80. The van der Waals surface area contributed by atoms with Gasteiger partial charge in [0.1, 0.15) is 6.67 Å². The fraction of sp³-hybridized carbons (Fsp3) is 0.750. The molecular formula is C8H14ClFN2O2. The highest BCUT2D eigenvalue weighted by Gasteiger charge is 2.25. The van der Waals surface area contributed by atoms with E-state index in [1.165, 1.54) is 7.05 Å². The summed E-state index contributed by atoms with van der Waals surface area (Å²) in [6.07, 6.45) is -0.735. The average Bonchev–Trinajstić information content (AvgIpc) is 2.18. The zero-order valence-corrected chi connectivity index (χ0v) is 9.19. The van der Waals surface area contributed by atoms with Crippen LogP contribution < -0.4 is 5.32 Å². The molecular weight excluding hydrogens is 211 g/mol. The highest BCUT2D eigenvalue weighted by atomic mass is 35.5. The Balaban J connectivity index is 4.47. The van der Waals surface area contributed by atoms with Crippen molar-refractivity contribution in [1.82, 2.24) is 5.32 Å². The number of amides is 1. The minimum Gasteiger partial charge on any atom is -0.323 e. The first kappa shape index (κ1) is 13.2. The Hall–Kier alpha value is -0.840. The second-order valence-corrected chi connectivity index (χ2v) is 3.59. The van der Waals surface area contributed by atoms with Gasteiger partial charge in [-0.1, -0.05) is 19.0 Å². The zero-order valence-electron chi connectivity index (χ0n) is 8.43. The molecule has 0 rings (SSSR count). The summed E-state index contributed by atoms with van der Waals surface area (Å²) in [5.41, 5.74) is -0.513. The number of alkyl halides is 2. The van der Waals surface area contributed by atoms with Gasteiger partial charge in [0, 0.05) is 18.3 Å². The van der Waals surface area contributed by atoms with Gasteiger partial charge in [-0.15, -0.1) is 11.6 Å². The Kier molecular flexibility index (Phi) is 5.45. The summed E-state index contributed by atoms with van der Waals surface area (Å²) in [4.78, 5) is 15.0. The van der Waals surface area contributed by atoms with Crippen LogP contribution in [-0.2, 0) is 4.84 Å². The molecule has 14 heavy (non-hydrogen) atoms. The van der Waals surface area contributed by atoms with E-state index in [1.54, 1.807) is 13.8 Å². The summed E-state index contributed by atoms with van der Waals surface area (Å²) < 4.78 is 12.5. The number of nitrogens with one attached hydrogen (secondary N) is 1. The van der Waals surface area contributed by atoms with Crippen LogP contribution in [0.3, 0.4) is 0 Å². The van der Waals surface area contributed by atoms with Gasteiger partial charge >= 0.3 is 6.09 Å². The molecule has 1 N–H and O–H groups in total. The quantitative estimate of drug-likeness (QED) is 0.343. The first-order valence-corrected chi connectivity index (χ1v) is 4.59. The van der Waals surface area contributed by atoms with Crippen LogP contribution in [0.25, 0.3) is 0 Å². The lowest BCUT2D eigenvalue weighted by Crippen LogP contribution is -2.29. The third-order valence-electron chi connectivity index (χ3n) is 1.68. The lowest BCUT2D eigenvalue weighted by molar-refractivity contribution is 0.151. The van der Waals surface area contributed by atoms with E-state index in [0.717, 1.165) is 0 Å². The van der Waals surface area contributed by atoms with Crippen LogP contribution >= 0.6 is 11.6 Å². The summed E-state index contributed by atoms with van der Waals surface area (Å²) in [6.45, 7) is 2.63. The maximum atomic E-state index is 12.5. The van der Waals surface area contributed by atoms with Crippen LogP contribution in [0.5, 0.6) is 0 Å². The van der Waals surface area contributed by atoms with E-state index in [-0.39, 0.29) is 11.6 Å². The van der Waals surface area contributed by atoms with Crippen LogP contribution in [0.2, 0.25) is 0 Å². The number of hydrogen-bond acceptors (Lipinski definition) is 3. The lowest BCUT2D eigenvalue weighted by atomic mass is 9.90. The van der Waals surface area contributed by atoms with E-state index in [4.69, 9.17) is 11.6 Å². The first-order valence-electron chi connectivity index (χ1n) is 4.06. The molecule has 82 valence electrons. The number of rotatable bonds is 4. The molecule has 4 nitrogen and oxygen atoms in total. The third-order valence-corrected chi connectivity index (χ3v) is 2.35. The molecule has 0 heterocycles. The molecule has 0 spiro atoms. The van der Waals surface area contributed by atoms with E-state index in [2.05, 4.69) is 15.3 Å². The van der Waals surface area contributed by atoms with Gasteiger partial charge in [0.25, 0.3) is 0 Å². The molecule has 0 aromatic rings. The van der Waals surface area contributed by atoms with E-state index >= 15 is 0 Å². The number of oxime groups is 1. The summed E-state index contributed by atoms with van der Waals surface area (Å²) >= 11 is 5.61. The van der Waals surface area contributed by atoms with Crippen molar-refractivity contribution >= 4 is 23.4 Å². The number of carbonyl (C=O) groups excluding carboxylic acids is 1. The van der Waals surface area contributed by atoms with Crippen molar-refractivity contribution in [2.45, 2.75) is 13.8 Å². The fourth-order valence-electron chi connectivity index (χ4n) is 0.548. The molecule has 0 aliphatic heterocycles. The molecule has 0 radical (unpaired) electrons. The minimum absolute atomic E-state index is 0.108. The van der Waals surface area contributed by atoms with Gasteiger partial charge in [-0.2, -0.15) is 0 Å². The predicted octanol–water partition coefficient (Wildman–Crippen LogP) is 1.93. The fourth-order valence-corrected chi connectivity index (χ4v) is 0.702. The lowest BCUT2D eigenvalue weighted by Gasteiger charge is -2.20. The molecule has 0 saturated heterocycles. The van der Waals surface area contributed by atoms with Gasteiger partial charge in [0.05, 0.1) is 5.71 Å². The maximum Gasteiger partial charge on any atom is 0.433 e. The van der Waals surface area contributed by atoms with Crippen LogP contribution in [0.15, 0.2) is 5.16 Å². The van der Waals surface area contributed by atoms with Crippen LogP contribution in [0, 0.1) is 5.41 Å². The third kappa shape index (κ3) is 3.91. The molecule has 0 aliphatic carbocycles. The first-order chi connectivity index (χ1) is 6.47. The molecule has 0 aromatic heterocycles. The second-order valence-electron chi connectivity index (χ2n) is 3.32. The average molecular weight is 225 g/mol. The molecule has 1 amide bonds. The van der Waals surface area contributed by atoms with Crippen molar-refractivity contribution in [3.63, 3.8) is 0 Å². The van der Waals surface area contributed by atoms with E-state index in [1.807, 2.05) is 0 Å². The minimum atomic E-state index is -0.795. The van der Waals surface area contributed by atoms with Gasteiger partial charge in [-0.3, -0.25) is 4.84 Å². The zero-order chi connectivity index (χ0) is 11.2. The Morgan fingerprint density at radius 1 is 1.64 bits per heavy atom. The molecule has 0 aromatic carbocycles. The van der Waals surface area contributed by atoms with Crippen molar-refractivity contribution in [2.75, 3.05) is 19.6 Å². The van der Waals surface area contributed by atoms with Crippen molar-refractivity contribution in [1.29, 1.82) is 0 Å². The highest BCUT2D eigenvalue weighted by Crippen LogP contribution is 2.20. The van der Waals surface area contributed by atoms with Crippen LogP contribution in [0.1, 0.15) is 13.8 Å². The topological polar surface area (TPSA) is 50.7 Å². The number of carbonyl (C=O) groups is 1. The van der Waals surface area contributed by atoms with Crippen LogP contribution in [-0.4, -0.2) is 31.4 Å². The van der Waals surface area contributed by atoms with Crippen molar-refractivity contribution in [2.24, 2.45) is 10.6 Å². The molecule has 0 unspecified atom stereocenters. The predicted molar refractivity (Wildman–Crippen MR) is 53.5 cm³/mol. The molecule has 0 fully saturated rings. The van der Waals surface area contributed by atoms with Gasteiger partial charge < -0.3 is 5.32 Å². The van der Waals surface area contributed by atoms with E-state index in [0.29, 0.717) is 0 Å². The standard InChI is InChI=1S/C8H14ClFN2O2/c1-8(2,5-9)6(4-10)12-14-7(13)11-3/h4-5H2,1-3H3,(H,11,13). The largest absolute Gasteiger partial charge is 0.433 e. The van der Waals surface area contributed by atoms with Gasteiger partial charge in [-0.25, -0.2) is 9.18 Å². The van der Waals surface area contributed by atoms with E-state index < -0.39 is 18.2 Å². The van der Waals surface area contributed by atoms with Gasteiger partial charge in [0.2, 0.25) is 0 Å². The summed E-state index contributed by atoms with van der Waals surface area (Å²) in [5.74, 6) is 0.201. The van der Waals surface area contributed by atoms with Gasteiger partial charge in [-0.05, 0) is 0 Å². The smallest absolute Gasteiger partial charge is 0.323 e. The number of hydrogen-bond donors (Lipinski definition) is 1. The Morgan fingerprint density at radius 3 is 2.57 bits per heavy atom. The Bertz CT molecular complexity index is 231. The number of halogens is 2. The number of nitrogens with zero attached hydrogens (tertiary/aromatic N) is 1.